The van der Waals surface area contributed by atoms with Gasteiger partial charge in [-0.3, -0.25) is 4.79 Å². The van der Waals surface area contributed by atoms with Crippen LogP contribution in [0.2, 0.25) is 0 Å². The van der Waals surface area contributed by atoms with Crippen molar-refractivity contribution in [2.24, 2.45) is 5.92 Å². The number of rotatable bonds is 3. The zero-order chi connectivity index (χ0) is 11.4. The highest BCUT2D eigenvalue weighted by Gasteiger charge is 2.17. The Hall–Kier alpha value is -1.31. The van der Waals surface area contributed by atoms with E-state index in [2.05, 4.69) is 0 Å². The lowest BCUT2D eigenvalue weighted by Gasteiger charge is -2.20. The minimum atomic E-state index is 0.215. The number of aromatic hydroxyl groups is 1. The molecule has 1 saturated carbocycles. The normalized spacial score (nSPS) is 17.2. The number of carbonyl (C=O) groups is 1. The zero-order valence-electron chi connectivity index (χ0n) is 9.48. The fourth-order valence-electron chi connectivity index (χ4n) is 2.42. The summed E-state index contributed by atoms with van der Waals surface area (Å²) in [6.07, 6.45) is 6.93. The van der Waals surface area contributed by atoms with Gasteiger partial charge in [0.05, 0.1) is 0 Å². The number of phenols is 1. The van der Waals surface area contributed by atoms with Crippen LogP contribution in [0, 0.1) is 5.92 Å². The molecule has 0 spiro atoms. The molecule has 2 heteroatoms. The molecule has 1 aliphatic rings. The Kier molecular flexibility index (Phi) is 3.60. The summed E-state index contributed by atoms with van der Waals surface area (Å²) in [4.78, 5) is 11.9. The summed E-state index contributed by atoms with van der Waals surface area (Å²) in [6.45, 7) is 0. The molecule has 0 bridgehead atoms. The molecule has 0 radical (unpaired) electrons. The molecule has 0 heterocycles. The summed E-state index contributed by atoms with van der Waals surface area (Å²) in [6, 6.07) is 6.57. The Labute approximate surface area is 96.3 Å². The maximum atomic E-state index is 11.9. The van der Waals surface area contributed by atoms with Crippen LogP contribution in [0.5, 0.6) is 5.75 Å². The van der Waals surface area contributed by atoms with Crippen LogP contribution in [-0.2, 0) is 0 Å². The molecule has 0 amide bonds. The van der Waals surface area contributed by atoms with Gasteiger partial charge in [-0.15, -0.1) is 0 Å². The largest absolute Gasteiger partial charge is 0.508 e. The molecule has 1 aromatic rings. The summed E-state index contributed by atoms with van der Waals surface area (Å²) in [5.41, 5.74) is 0.725. The van der Waals surface area contributed by atoms with Crippen molar-refractivity contribution >= 4 is 5.78 Å². The number of ketones is 1. The van der Waals surface area contributed by atoms with E-state index in [0.717, 1.165) is 5.56 Å². The van der Waals surface area contributed by atoms with Crippen molar-refractivity contribution in [2.45, 2.75) is 38.5 Å². The van der Waals surface area contributed by atoms with Gasteiger partial charge in [-0.25, -0.2) is 0 Å². The molecule has 86 valence electrons. The van der Waals surface area contributed by atoms with Gasteiger partial charge in [0.15, 0.2) is 5.78 Å². The number of benzene rings is 1. The third kappa shape index (κ3) is 2.84. The lowest BCUT2D eigenvalue weighted by molar-refractivity contribution is 0.0950. The maximum absolute atomic E-state index is 11.9. The Morgan fingerprint density at radius 1 is 1.12 bits per heavy atom. The zero-order valence-corrected chi connectivity index (χ0v) is 9.48. The van der Waals surface area contributed by atoms with Crippen LogP contribution in [0.1, 0.15) is 48.9 Å². The Balaban J connectivity index is 1.94. The van der Waals surface area contributed by atoms with Crippen molar-refractivity contribution in [1.82, 2.24) is 0 Å². The number of Topliss-reactive ketones (excluding diaryl/α,β-unsaturated/α-hetero) is 1. The second-order valence-electron chi connectivity index (χ2n) is 4.68. The minimum absolute atomic E-state index is 0.215. The average Bonchev–Trinajstić information content (AvgIpc) is 2.31. The van der Waals surface area contributed by atoms with Crippen LogP contribution in [0.3, 0.4) is 0 Å². The van der Waals surface area contributed by atoms with Gasteiger partial charge in [0, 0.05) is 12.0 Å². The molecular weight excluding hydrogens is 200 g/mol. The molecule has 1 N–H and O–H groups in total. The SMILES string of the molecule is O=C(CC1CCCCC1)c1ccc(O)cc1. The molecule has 1 fully saturated rings. The predicted molar refractivity (Wildman–Crippen MR) is 63.6 cm³/mol. The number of hydrogen-bond donors (Lipinski definition) is 1. The average molecular weight is 218 g/mol. The highest BCUT2D eigenvalue weighted by atomic mass is 16.3. The first kappa shape index (κ1) is 11.2. The van der Waals surface area contributed by atoms with Gasteiger partial charge in [0.1, 0.15) is 5.75 Å². The van der Waals surface area contributed by atoms with Crippen molar-refractivity contribution in [1.29, 1.82) is 0 Å². The van der Waals surface area contributed by atoms with E-state index in [1.165, 1.54) is 32.1 Å². The molecule has 0 unspecified atom stereocenters. The second kappa shape index (κ2) is 5.15. The number of hydrogen-bond acceptors (Lipinski definition) is 2. The molecule has 2 rings (SSSR count). The van der Waals surface area contributed by atoms with Gasteiger partial charge in [0.25, 0.3) is 0 Å². The molecular formula is C14H18O2. The predicted octanol–water partition coefficient (Wildman–Crippen LogP) is 3.55. The highest BCUT2D eigenvalue weighted by molar-refractivity contribution is 5.96. The summed E-state index contributed by atoms with van der Waals surface area (Å²) in [7, 11) is 0. The fourth-order valence-corrected chi connectivity index (χ4v) is 2.42. The number of carbonyl (C=O) groups excluding carboxylic acids is 1. The van der Waals surface area contributed by atoms with Gasteiger partial charge in [-0.1, -0.05) is 32.1 Å². The first-order valence-corrected chi connectivity index (χ1v) is 6.08. The molecule has 0 saturated heterocycles. The summed E-state index contributed by atoms with van der Waals surface area (Å²) >= 11 is 0. The summed E-state index contributed by atoms with van der Waals surface area (Å²) < 4.78 is 0. The lowest BCUT2D eigenvalue weighted by Crippen LogP contribution is -2.12. The van der Waals surface area contributed by atoms with E-state index in [9.17, 15) is 4.79 Å². The molecule has 0 aromatic heterocycles. The third-order valence-electron chi connectivity index (χ3n) is 3.39. The van der Waals surface area contributed by atoms with Gasteiger partial charge < -0.3 is 5.11 Å². The van der Waals surface area contributed by atoms with Crippen molar-refractivity contribution in [3.05, 3.63) is 29.8 Å². The van der Waals surface area contributed by atoms with Crippen molar-refractivity contribution < 1.29 is 9.90 Å². The molecule has 16 heavy (non-hydrogen) atoms. The van der Waals surface area contributed by atoms with Crippen LogP contribution >= 0.6 is 0 Å². The second-order valence-corrected chi connectivity index (χ2v) is 4.68. The summed E-state index contributed by atoms with van der Waals surface area (Å²) in [5.74, 6) is 1.01. The van der Waals surface area contributed by atoms with Crippen LogP contribution in [0.15, 0.2) is 24.3 Å². The standard InChI is InChI=1S/C14H18O2/c15-13-8-6-12(7-9-13)14(16)10-11-4-2-1-3-5-11/h6-9,11,15H,1-5,10H2. The minimum Gasteiger partial charge on any atom is -0.508 e. The van der Waals surface area contributed by atoms with E-state index in [0.29, 0.717) is 12.3 Å². The van der Waals surface area contributed by atoms with Gasteiger partial charge >= 0.3 is 0 Å². The highest BCUT2D eigenvalue weighted by Crippen LogP contribution is 2.27. The van der Waals surface area contributed by atoms with E-state index in [-0.39, 0.29) is 11.5 Å². The van der Waals surface area contributed by atoms with Crippen LogP contribution in [0.25, 0.3) is 0 Å². The Morgan fingerprint density at radius 2 is 1.75 bits per heavy atom. The molecule has 2 nitrogen and oxygen atoms in total. The summed E-state index contributed by atoms with van der Waals surface area (Å²) in [5, 5.41) is 9.15. The van der Waals surface area contributed by atoms with Crippen molar-refractivity contribution in [3.8, 4) is 5.75 Å². The van der Waals surface area contributed by atoms with Crippen molar-refractivity contribution in [3.63, 3.8) is 0 Å². The molecule has 0 aliphatic heterocycles. The maximum Gasteiger partial charge on any atom is 0.163 e. The molecule has 1 aliphatic carbocycles. The van der Waals surface area contributed by atoms with Gasteiger partial charge in [-0.05, 0) is 30.2 Å². The van der Waals surface area contributed by atoms with Gasteiger partial charge in [0.2, 0.25) is 0 Å². The smallest absolute Gasteiger partial charge is 0.163 e. The lowest BCUT2D eigenvalue weighted by atomic mass is 9.85. The van der Waals surface area contributed by atoms with E-state index >= 15 is 0 Å². The number of phenolic OH excluding ortho intramolecular Hbond substituents is 1. The van der Waals surface area contributed by atoms with Crippen LogP contribution < -0.4 is 0 Å². The van der Waals surface area contributed by atoms with Crippen molar-refractivity contribution in [2.75, 3.05) is 0 Å². The van der Waals surface area contributed by atoms with Crippen LogP contribution in [-0.4, -0.2) is 10.9 Å². The topological polar surface area (TPSA) is 37.3 Å². The third-order valence-corrected chi connectivity index (χ3v) is 3.39. The molecule has 1 aromatic carbocycles. The van der Waals surface area contributed by atoms with Gasteiger partial charge in [-0.2, -0.15) is 0 Å². The van der Waals surface area contributed by atoms with E-state index in [4.69, 9.17) is 5.11 Å². The van der Waals surface area contributed by atoms with Crippen LogP contribution in [0.4, 0.5) is 0 Å². The van der Waals surface area contributed by atoms with E-state index < -0.39 is 0 Å². The first-order valence-electron chi connectivity index (χ1n) is 6.08. The van der Waals surface area contributed by atoms with E-state index in [1.54, 1.807) is 24.3 Å². The quantitative estimate of drug-likeness (QED) is 0.788. The van der Waals surface area contributed by atoms with E-state index in [1.807, 2.05) is 0 Å². The first-order chi connectivity index (χ1) is 7.75. The fraction of sp³-hybridized carbons (Fsp3) is 0.500. The monoisotopic (exact) mass is 218 g/mol. The Morgan fingerprint density at radius 3 is 2.38 bits per heavy atom. The molecule has 0 atom stereocenters. The Bertz CT molecular complexity index is 348.